The quantitative estimate of drug-likeness (QED) is 0.697. The molecule has 0 bridgehead atoms. The molecule has 0 heterocycles. The van der Waals surface area contributed by atoms with Gasteiger partial charge in [-0.15, -0.1) is 0 Å². The summed E-state index contributed by atoms with van der Waals surface area (Å²) in [6.07, 6.45) is 1.10. The van der Waals surface area contributed by atoms with Crippen LogP contribution in [0, 0.1) is 0 Å². The van der Waals surface area contributed by atoms with Gasteiger partial charge in [-0.3, -0.25) is 9.10 Å². The second-order valence-corrected chi connectivity index (χ2v) is 8.58. The van der Waals surface area contributed by atoms with Gasteiger partial charge in [-0.2, -0.15) is 0 Å². The van der Waals surface area contributed by atoms with E-state index in [4.69, 9.17) is 4.74 Å². The molecular formula is C21H28N2O4S. The Labute approximate surface area is 167 Å². The van der Waals surface area contributed by atoms with E-state index in [1.807, 2.05) is 44.2 Å². The molecule has 2 rings (SSSR count). The van der Waals surface area contributed by atoms with Crippen molar-refractivity contribution < 1.29 is 17.9 Å². The molecule has 0 aromatic heterocycles. The Kier molecular flexibility index (Phi) is 7.45. The maximum absolute atomic E-state index is 12.7. The summed E-state index contributed by atoms with van der Waals surface area (Å²) in [5, 5.41) is 2.86. The van der Waals surface area contributed by atoms with Crippen LogP contribution in [0.5, 0.6) is 5.75 Å². The third-order valence-corrected chi connectivity index (χ3v) is 5.68. The van der Waals surface area contributed by atoms with Crippen LogP contribution in [0.1, 0.15) is 32.3 Å². The fraction of sp³-hybridized carbons (Fsp3) is 0.381. The molecule has 0 saturated carbocycles. The van der Waals surface area contributed by atoms with Gasteiger partial charge in [0, 0.05) is 6.54 Å². The lowest BCUT2D eigenvalue weighted by Crippen LogP contribution is -2.48. The number of hydrogen-bond donors (Lipinski definition) is 1. The number of anilines is 1. The highest BCUT2D eigenvalue weighted by molar-refractivity contribution is 7.92. The molecule has 28 heavy (non-hydrogen) atoms. The minimum Gasteiger partial charge on any atom is -0.494 e. The molecule has 0 spiro atoms. The highest BCUT2D eigenvalue weighted by atomic mass is 32.2. The average molecular weight is 405 g/mol. The van der Waals surface area contributed by atoms with Crippen LogP contribution in [-0.2, 0) is 14.8 Å². The molecule has 0 aliphatic rings. The van der Waals surface area contributed by atoms with E-state index < -0.39 is 16.1 Å². The van der Waals surface area contributed by atoms with Gasteiger partial charge >= 0.3 is 0 Å². The van der Waals surface area contributed by atoms with Gasteiger partial charge in [-0.25, -0.2) is 8.42 Å². The summed E-state index contributed by atoms with van der Waals surface area (Å²) in [4.78, 5) is 12.7. The molecule has 0 fully saturated rings. The van der Waals surface area contributed by atoms with E-state index in [2.05, 4.69) is 5.32 Å². The second kappa shape index (κ2) is 9.59. The van der Waals surface area contributed by atoms with Crippen LogP contribution in [0.25, 0.3) is 0 Å². The number of ether oxygens (including phenoxy) is 1. The van der Waals surface area contributed by atoms with Gasteiger partial charge in [0.2, 0.25) is 15.9 Å². The van der Waals surface area contributed by atoms with E-state index >= 15 is 0 Å². The Bertz CT molecular complexity index is 867. The van der Waals surface area contributed by atoms with Gasteiger partial charge in [0.15, 0.2) is 0 Å². The summed E-state index contributed by atoms with van der Waals surface area (Å²) in [6.45, 7) is 6.42. The number of rotatable bonds is 9. The molecule has 7 heteroatoms. The molecule has 0 saturated heterocycles. The average Bonchev–Trinajstić information content (AvgIpc) is 2.67. The topological polar surface area (TPSA) is 75.7 Å². The van der Waals surface area contributed by atoms with E-state index in [-0.39, 0.29) is 11.8 Å². The molecule has 2 atom stereocenters. The van der Waals surface area contributed by atoms with Crippen molar-refractivity contribution in [2.24, 2.45) is 0 Å². The van der Waals surface area contributed by atoms with Crippen LogP contribution in [-0.4, -0.2) is 39.8 Å². The van der Waals surface area contributed by atoms with Crippen LogP contribution in [0.2, 0.25) is 0 Å². The number of carbonyl (C=O) groups excluding carboxylic acids is 1. The van der Waals surface area contributed by atoms with Crippen LogP contribution >= 0.6 is 0 Å². The Hall–Kier alpha value is -2.54. The van der Waals surface area contributed by atoms with Crippen molar-refractivity contribution in [1.82, 2.24) is 5.32 Å². The normalized spacial score (nSPS) is 13.4. The predicted octanol–water partition coefficient (Wildman–Crippen LogP) is 3.16. The second-order valence-electron chi connectivity index (χ2n) is 6.72. The SMILES string of the molecule is CCOc1ccc(N(C(C)C(=O)NCC(C)c2ccccc2)S(C)(=O)=O)cc1. The number of benzene rings is 2. The third kappa shape index (κ3) is 5.73. The Morgan fingerprint density at radius 3 is 2.21 bits per heavy atom. The molecule has 1 amide bonds. The van der Waals surface area contributed by atoms with Crippen LogP contribution in [0.15, 0.2) is 54.6 Å². The Morgan fingerprint density at radius 2 is 1.68 bits per heavy atom. The lowest BCUT2D eigenvalue weighted by atomic mass is 10.0. The van der Waals surface area contributed by atoms with Crippen LogP contribution < -0.4 is 14.4 Å². The largest absolute Gasteiger partial charge is 0.494 e. The summed E-state index contributed by atoms with van der Waals surface area (Å²) < 4.78 is 31.2. The Morgan fingerprint density at radius 1 is 1.07 bits per heavy atom. The highest BCUT2D eigenvalue weighted by Gasteiger charge is 2.29. The minimum atomic E-state index is -3.65. The summed E-state index contributed by atoms with van der Waals surface area (Å²) in [5.41, 5.74) is 1.53. The summed E-state index contributed by atoms with van der Waals surface area (Å²) in [6, 6.07) is 15.6. The maximum Gasteiger partial charge on any atom is 0.243 e. The first-order valence-corrected chi connectivity index (χ1v) is 11.1. The molecule has 1 N–H and O–H groups in total. The fourth-order valence-corrected chi connectivity index (χ4v) is 4.14. The van der Waals surface area contributed by atoms with E-state index in [0.717, 1.165) is 16.1 Å². The first-order valence-electron chi connectivity index (χ1n) is 9.29. The van der Waals surface area contributed by atoms with Crippen molar-refractivity contribution in [3.05, 3.63) is 60.2 Å². The molecule has 2 aromatic rings. The number of hydrogen-bond acceptors (Lipinski definition) is 4. The fourth-order valence-electron chi connectivity index (χ4n) is 2.97. The van der Waals surface area contributed by atoms with E-state index in [0.29, 0.717) is 24.6 Å². The van der Waals surface area contributed by atoms with Gasteiger partial charge in [-0.05, 0) is 49.6 Å². The van der Waals surface area contributed by atoms with Crippen molar-refractivity contribution in [2.75, 3.05) is 23.7 Å². The number of nitrogens with one attached hydrogen (secondary N) is 1. The van der Waals surface area contributed by atoms with Gasteiger partial charge in [-0.1, -0.05) is 37.3 Å². The number of carbonyl (C=O) groups is 1. The number of nitrogens with zero attached hydrogens (tertiary/aromatic N) is 1. The van der Waals surface area contributed by atoms with Crippen LogP contribution in [0.4, 0.5) is 5.69 Å². The zero-order chi connectivity index (χ0) is 20.7. The Balaban J connectivity index is 2.11. The molecule has 0 aliphatic heterocycles. The standard InChI is InChI=1S/C21H28N2O4S/c1-5-27-20-13-11-19(12-14-20)23(28(4,25)26)17(3)21(24)22-15-16(2)18-9-7-6-8-10-18/h6-14,16-17H,5,15H2,1-4H3,(H,22,24). The van der Waals surface area contributed by atoms with E-state index in [1.165, 1.54) is 0 Å². The van der Waals surface area contributed by atoms with Gasteiger partial charge < -0.3 is 10.1 Å². The summed E-state index contributed by atoms with van der Waals surface area (Å²) in [7, 11) is -3.65. The van der Waals surface area contributed by atoms with Gasteiger partial charge in [0.1, 0.15) is 11.8 Å². The number of amides is 1. The molecule has 6 nitrogen and oxygen atoms in total. The molecule has 2 unspecified atom stereocenters. The monoisotopic (exact) mass is 404 g/mol. The van der Waals surface area contributed by atoms with Crippen molar-refractivity contribution in [1.29, 1.82) is 0 Å². The van der Waals surface area contributed by atoms with Crippen molar-refractivity contribution in [3.8, 4) is 5.75 Å². The minimum absolute atomic E-state index is 0.120. The van der Waals surface area contributed by atoms with E-state index in [9.17, 15) is 13.2 Å². The zero-order valence-electron chi connectivity index (χ0n) is 16.8. The molecule has 0 aliphatic carbocycles. The zero-order valence-corrected chi connectivity index (χ0v) is 17.6. The van der Waals surface area contributed by atoms with Crippen molar-refractivity contribution >= 4 is 21.6 Å². The van der Waals surface area contributed by atoms with Crippen LogP contribution in [0.3, 0.4) is 0 Å². The lowest BCUT2D eigenvalue weighted by Gasteiger charge is -2.28. The summed E-state index contributed by atoms with van der Waals surface area (Å²) >= 11 is 0. The summed E-state index contributed by atoms with van der Waals surface area (Å²) in [5.74, 6) is 0.421. The van der Waals surface area contributed by atoms with Gasteiger partial charge in [0.25, 0.3) is 0 Å². The van der Waals surface area contributed by atoms with Crippen molar-refractivity contribution in [3.63, 3.8) is 0 Å². The van der Waals surface area contributed by atoms with E-state index in [1.54, 1.807) is 31.2 Å². The first kappa shape index (κ1) is 21.8. The lowest BCUT2D eigenvalue weighted by molar-refractivity contribution is -0.121. The smallest absolute Gasteiger partial charge is 0.243 e. The first-order chi connectivity index (χ1) is 13.2. The molecule has 0 radical (unpaired) electrons. The molecule has 2 aromatic carbocycles. The number of sulfonamides is 1. The van der Waals surface area contributed by atoms with Gasteiger partial charge in [0.05, 0.1) is 18.6 Å². The predicted molar refractivity (Wildman–Crippen MR) is 112 cm³/mol. The molecule has 152 valence electrons. The van der Waals surface area contributed by atoms with Crippen molar-refractivity contribution in [2.45, 2.75) is 32.7 Å². The highest BCUT2D eigenvalue weighted by Crippen LogP contribution is 2.24. The molecular weight excluding hydrogens is 376 g/mol. The maximum atomic E-state index is 12.7. The third-order valence-electron chi connectivity index (χ3n) is 4.44.